The molecule has 1 aromatic carbocycles. The molecule has 0 nitrogen and oxygen atoms in total. The maximum absolute atomic E-state index is 2.46. The van der Waals surface area contributed by atoms with Gasteiger partial charge in [0.2, 0.25) is 0 Å². The van der Waals surface area contributed by atoms with E-state index in [1.807, 2.05) is 0 Å². The lowest BCUT2D eigenvalue weighted by Gasteiger charge is -2.33. The van der Waals surface area contributed by atoms with E-state index in [-0.39, 0.29) is 0 Å². The number of hydrogen-bond donors (Lipinski definition) is 0. The molecule has 0 heteroatoms. The zero-order chi connectivity index (χ0) is 12.0. The topological polar surface area (TPSA) is 0 Å². The van der Waals surface area contributed by atoms with Gasteiger partial charge < -0.3 is 0 Å². The zero-order valence-corrected chi connectivity index (χ0v) is 11.2. The Morgan fingerprint density at radius 1 is 1.12 bits per heavy atom. The Bertz CT molecular complexity index is 447. The molecule has 1 aromatic rings. The van der Waals surface area contributed by atoms with E-state index in [9.17, 15) is 0 Å². The van der Waals surface area contributed by atoms with Gasteiger partial charge in [-0.05, 0) is 49.0 Å². The molecule has 17 heavy (non-hydrogen) atoms. The van der Waals surface area contributed by atoms with Crippen LogP contribution in [0.2, 0.25) is 0 Å². The smallest absolute Gasteiger partial charge is 0.0110 e. The van der Waals surface area contributed by atoms with Gasteiger partial charge in [-0.15, -0.1) is 0 Å². The highest BCUT2D eigenvalue weighted by molar-refractivity contribution is 5.57. The summed E-state index contributed by atoms with van der Waals surface area (Å²) in [6.45, 7) is 7.03. The van der Waals surface area contributed by atoms with Crippen molar-refractivity contribution in [3.63, 3.8) is 0 Å². The molecule has 0 spiro atoms. The predicted octanol–water partition coefficient (Wildman–Crippen LogP) is 4.83. The number of aryl methyl sites for hydroxylation is 1. The first-order chi connectivity index (χ1) is 8.07. The Hall–Kier alpha value is -1.04. The maximum atomic E-state index is 2.46. The monoisotopic (exact) mass is 226 g/mol. The number of fused-ring (bicyclic) bond motifs is 2. The van der Waals surface area contributed by atoms with Crippen molar-refractivity contribution in [1.29, 1.82) is 0 Å². The van der Waals surface area contributed by atoms with Crippen molar-refractivity contribution in [2.24, 2.45) is 17.3 Å². The van der Waals surface area contributed by atoms with Crippen molar-refractivity contribution in [2.45, 2.75) is 40.0 Å². The van der Waals surface area contributed by atoms with E-state index >= 15 is 0 Å². The van der Waals surface area contributed by atoms with Gasteiger partial charge in [0, 0.05) is 0 Å². The molecule has 0 aliphatic heterocycles. The number of rotatable bonds is 1. The second kappa shape index (κ2) is 3.73. The molecule has 2 saturated carbocycles. The summed E-state index contributed by atoms with van der Waals surface area (Å²) < 4.78 is 0. The first-order valence-electron chi connectivity index (χ1n) is 6.86. The fraction of sp³-hybridized carbons (Fsp3) is 0.529. The molecule has 0 amide bonds. The second-order valence-electron chi connectivity index (χ2n) is 6.44. The highest BCUT2D eigenvalue weighted by Gasteiger charge is 2.48. The van der Waals surface area contributed by atoms with Crippen molar-refractivity contribution < 1.29 is 0 Å². The SMILES string of the molecule is Cc1ccc(/C=C2\[C@H]3CC[C@H](C3)C2(C)C)cc1. The minimum atomic E-state index is 0.438. The third-order valence-electron chi connectivity index (χ3n) is 5.04. The Morgan fingerprint density at radius 2 is 1.82 bits per heavy atom. The fourth-order valence-corrected chi connectivity index (χ4v) is 3.83. The summed E-state index contributed by atoms with van der Waals surface area (Å²) in [5.41, 5.74) is 4.87. The normalized spacial score (nSPS) is 32.3. The lowest BCUT2D eigenvalue weighted by molar-refractivity contribution is 0.290. The van der Waals surface area contributed by atoms with Crippen LogP contribution in [0.25, 0.3) is 6.08 Å². The lowest BCUT2D eigenvalue weighted by atomic mass is 9.72. The molecule has 2 aliphatic carbocycles. The van der Waals surface area contributed by atoms with Crippen LogP contribution in [0.5, 0.6) is 0 Å². The molecule has 2 bridgehead atoms. The van der Waals surface area contributed by atoms with Crippen molar-refractivity contribution in [3.05, 3.63) is 41.0 Å². The van der Waals surface area contributed by atoms with Crippen LogP contribution in [-0.4, -0.2) is 0 Å². The first-order valence-corrected chi connectivity index (χ1v) is 6.86. The van der Waals surface area contributed by atoms with Gasteiger partial charge in [0.1, 0.15) is 0 Å². The summed E-state index contributed by atoms with van der Waals surface area (Å²) in [6, 6.07) is 8.94. The summed E-state index contributed by atoms with van der Waals surface area (Å²) in [4.78, 5) is 0. The highest BCUT2D eigenvalue weighted by atomic mass is 14.5. The van der Waals surface area contributed by atoms with E-state index in [0.29, 0.717) is 5.41 Å². The highest BCUT2D eigenvalue weighted by Crippen LogP contribution is 2.59. The number of benzene rings is 1. The van der Waals surface area contributed by atoms with Crippen LogP contribution in [0.1, 0.15) is 44.2 Å². The van der Waals surface area contributed by atoms with Crippen LogP contribution in [0.3, 0.4) is 0 Å². The number of hydrogen-bond acceptors (Lipinski definition) is 0. The molecule has 2 atom stereocenters. The molecule has 2 aliphatic rings. The maximum Gasteiger partial charge on any atom is -0.0110 e. The zero-order valence-electron chi connectivity index (χ0n) is 11.2. The summed E-state index contributed by atoms with van der Waals surface area (Å²) >= 11 is 0. The van der Waals surface area contributed by atoms with Gasteiger partial charge in [-0.2, -0.15) is 0 Å². The molecule has 0 N–H and O–H groups in total. The summed E-state index contributed by atoms with van der Waals surface area (Å²) in [6.07, 6.45) is 6.77. The Labute approximate surface area is 105 Å². The molecule has 3 rings (SSSR count). The summed E-state index contributed by atoms with van der Waals surface area (Å²) in [7, 11) is 0. The van der Waals surface area contributed by atoms with E-state index < -0.39 is 0 Å². The third kappa shape index (κ3) is 1.74. The van der Waals surface area contributed by atoms with Gasteiger partial charge in [-0.1, -0.05) is 55.3 Å². The van der Waals surface area contributed by atoms with Crippen LogP contribution in [0.4, 0.5) is 0 Å². The van der Waals surface area contributed by atoms with Crippen molar-refractivity contribution >= 4 is 6.08 Å². The van der Waals surface area contributed by atoms with E-state index in [0.717, 1.165) is 11.8 Å². The average molecular weight is 226 g/mol. The van der Waals surface area contributed by atoms with Crippen LogP contribution < -0.4 is 0 Å². The minimum absolute atomic E-state index is 0.438. The van der Waals surface area contributed by atoms with E-state index in [2.05, 4.69) is 51.1 Å². The van der Waals surface area contributed by atoms with E-state index in [1.54, 1.807) is 5.57 Å². The van der Waals surface area contributed by atoms with Gasteiger partial charge in [-0.3, -0.25) is 0 Å². The Morgan fingerprint density at radius 3 is 2.41 bits per heavy atom. The van der Waals surface area contributed by atoms with Crippen LogP contribution >= 0.6 is 0 Å². The lowest BCUT2D eigenvalue weighted by Crippen LogP contribution is -2.22. The molecule has 0 aromatic heterocycles. The van der Waals surface area contributed by atoms with E-state index in [1.165, 1.54) is 30.4 Å². The molecule has 0 unspecified atom stereocenters. The van der Waals surface area contributed by atoms with Gasteiger partial charge in [0.15, 0.2) is 0 Å². The van der Waals surface area contributed by atoms with Crippen LogP contribution in [0, 0.1) is 24.2 Å². The van der Waals surface area contributed by atoms with Crippen molar-refractivity contribution in [2.75, 3.05) is 0 Å². The number of allylic oxidation sites excluding steroid dienone is 1. The summed E-state index contributed by atoms with van der Waals surface area (Å²) in [5.74, 6) is 1.81. The Balaban J connectivity index is 1.96. The van der Waals surface area contributed by atoms with Crippen LogP contribution in [0.15, 0.2) is 29.8 Å². The standard InChI is InChI=1S/C17H22/c1-12-4-6-13(7-5-12)10-16-14-8-9-15(11-14)17(16,2)3/h4-7,10,14-15H,8-9,11H2,1-3H3/b16-10+/t14-,15+/m0/s1. The fourth-order valence-electron chi connectivity index (χ4n) is 3.83. The largest absolute Gasteiger partial charge is 0.0606 e. The molecule has 0 heterocycles. The quantitative estimate of drug-likeness (QED) is 0.643. The first kappa shape index (κ1) is 11.1. The molecule has 0 saturated heterocycles. The average Bonchev–Trinajstić information content (AvgIpc) is 2.84. The second-order valence-corrected chi connectivity index (χ2v) is 6.44. The van der Waals surface area contributed by atoms with Gasteiger partial charge in [-0.25, -0.2) is 0 Å². The van der Waals surface area contributed by atoms with Crippen molar-refractivity contribution in [3.8, 4) is 0 Å². The molecular formula is C17H22. The van der Waals surface area contributed by atoms with E-state index in [4.69, 9.17) is 0 Å². The summed E-state index contributed by atoms with van der Waals surface area (Å²) in [5, 5.41) is 0. The molecule has 2 fully saturated rings. The van der Waals surface area contributed by atoms with Crippen molar-refractivity contribution in [1.82, 2.24) is 0 Å². The third-order valence-corrected chi connectivity index (χ3v) is 5.04. The van der Waals surface area contributed by atoms with Crippen LogP contribution in [-0.2, 0) is 0 Å². The molecule has 0 radical (unpaired) electrons. The minimum Gasteiger partial charge on any atom is -0.0606 e. The molecule has 90 valence electrons. The Kier molecular flexibility index (Phi) is 2.43. The van der Waals surface area contributed by atoms with Gasteiger partial charge in [0.25, 0.3) is 0 Å². The van der Waals surface area contributed by atoms with Gasteiger partial charge in [0.05, 0.1) is 0 Å². The van der Waals surface area contributed by atoms with Gasteiger partial charge >= 0.3 is 0 Å². The predicted molar refractivity (Wildman–Crippen MR) is 73.8 cm³/mol. The molecular weight excluding hydrogens is 204 g/mol.